The van der Waals surface area contributed by atoms with E-state index in [1.165, 1.54) is 0 Å². The van der Waals surface area contributed by atoms with Crippen molar-refractivity contribution in [1.29, 1.82) is 0 Å². The van der Waals surface area contributed by atoms with Crippen LogP contribution >= 0.6 is 11.6 Å². The smallest absolute Gasteiger partial charge is 0.116 e. The van der Waals surface area contributed by atoms with Gasteiger partial charge in [0.15, 0.2) is 0 Å². The van der Waals surface area contributed by atoms with E-state index in [4.69, 9.17) is 11.6 Å². The highest BCUT2D eigenvalue weighted by atomic mass is 35.5. The molecular weight excluding hydrogens is 148 g/mol. The van der Waals surface area contributed by atoms with Crippen molar-refractivity contribution < 1.29 is 0 Å². The standard InChI is InChI=1S/C7H9ClN2/c1-3-6-7(8)5(2)9-4-10-6/h4H,3H2,1-2H3. The van der Waals surface area contributed by atoms with Gasteiger partial charge in [-0.2, -0.15) is 0 Å². The SMILES string of the molecule is CCc1ncnc(C)c1Cl. The molecule has 2 nitrogen and oxygen atoms in total. The summed E-state index contributed by atoms with van der Waals surface area (Å²) in [5.74, 6) is 0. The van der Waals surface area contributed by atoms with Gasteiger partial charge in [-0.1, -0.05) is 18.5 Å². The Bertz CT molecular complexity index is 235. The van der Waals surface area contributed by atoms with Crippen LogP contribution in [0.15, 0.2) is 6.33 Å². The van der Waals surface area contributed by atoms with Crippen molar-refractivity contribution in [3.05, 3.63) is 22.7 Å². The fraction of sp³-hybridized carbons (Fsp3) is 0.429. The van der Waals surface area contributed by atoms with Crippen molar-refractivity contribution in [3.63, 3.8) is 0 Å². The Morgan fingerprint density at radius 2 is 2.20 bits per heavy atom. The van der Waals surface area contributed by atoms with Crippen LogP contribution in [-0.2, 0) is 6.42 Å². The van der Waals surface area contributed by atoms with E-state index >= 15 is 0 Å². The van der Waals surface area contributed by atoms with Gasteiger partial charge in [0, 0.05) is 0 Å². The van der Waals surface area contributed by atoms with Gasteiger partial charge in [-0.3, -0.25) is 0 Å². The van der Waals surface area contributed by atoms with E-state index in [-0.39, 0.29) is 0 Å². The van der Waals surface area contributed by atoms with Crippen LogP contribution in [0, 0.1) is 6.92 Å². The van der Waals surface area contributed by atoms with Gasteiger partial charge in [-0.05, 0) is 13.3 Å². The molecule has 0 atom stereocenters. The van der Waals surface area contributed by atoms with E-state index in [1.807, 2.05) is 13.8 Å². The predicted molar refractivity (Wildman–Crippen MR) is 41.2 cm³/mol. The molecule has 0 aliphatic carbocycles. The summed E-state index contributed by atoms with van der Waals surface area (Å²) in [6, 6.07) is 0. The third-order valence-corrected chi connectivity index (χ3v) is 1.86. The van der Waals surface area contributed by atoms with Gasteiger partial charge in [0.1, 0.15) is 6.33 Å². The summed E-state index contributed by atoms with van der Waals surface area (Å²) < 4.78 is 0. The van der Waals surface area contributed by atoms with E-state index in [2.05, 4.69) is 9.97 Å². The lowest BCUT2D eigenvalue weighted by molar-refractivity contribution is 0.976. The minimum atomic E-state index is 0.699. The van der Waals surface area contributed by atoms with Crippen LogP contribution in [0.1, 0.15) is 18.3 Å². The Morgan fingerprint density at radius 3 is 2.70 bits per heavy atom. The van der Waals surface area contributed by atoms with Gasteiger partial charge in [-0.15, -0.1) is 0 Å². The molecule has 0 saturated heterocycles. The molecule has 0 saturated carbocycles. The molecule has 3 heteroatoms. The number of aryl methyl sites for hydroxylation is 2. The fourth-order valence-corrected chi connectivity index (χ4v) is 0.985. The van der Waals surface area contributed by atoms with Crippen molar-refractivity contribution in [2.24, 2.45) is 0 Å². The second-order valence-electron chi connectivity index (χ2n) is 2.07. The molecule has 0 aromatic carbocycles. The first-order valence-corrected chi connectivity index (χ1v) is 3.59. The summed E-state index contributed by atoms with van der Waals surface area (Å²) >= 11 is 5.87. The lowest BCUT2D eigenvalue weighted by Gasteiger charge is -1.99. The van der Waals surface area contributed by atoms with Gasteiger partial charge in [0.25, 0.3) is 0 Å². The largest absolute Gasteiger partial charge is 0.240 e. The average molecular weight is 157 g/mol. The maximum atomic E-state index is 5.87. The molecule has 1 rings (SSSR count). The number of nitrogens with zero attached hydrogens (tertiary/aromatic N) is 2. The van der Waals surface area contributed by atoms with Crippen molar-refractivity contribution in [2.45, 2.75) is 20.3 Å². The quantitative estimate of drug-likeness (QED) is 0.622. The van der Waals surface area contributed by atoms with Gasteiger partial charge in [0.05, 0.1) is 16.4 Å². The van der Waals surface area contributed by atoms with Crippen molar-refractivity contribution in [2.75, 3.05) is 0 Å². The molecule has 1 aromatic rings. The molecule has 1 heterocycles. The highest BCUT2D eigenvalue weighted by Gasteiger charge is 2.01. The predicted octanol–water partition coefficient (Wildman–Crippen LogP) is 2.00. The summed E-state index contributed by atoms with van der Waals surface area (Å²) in [4.78, 5) is 7.96. The zero-order chi connectivity index (χ0) is 7.56. The Labute approximate surface area is 65.3 Å². The van der Waals surface area contributed by atoms with E-state index in [1.54, 1.807) is 6.33 Å². The molecule has 54 valence electrons. The van der Waals surface area contributed by atoms with Crippen molar-refractivity contribution in [3.8, 4) is 0 Å². The molecule has 1 aromatic heterocycles. The van der Waals surface area contributed by atoms with Gasteiger partial charge < -0.3 is 0 Å². The minimum Gasteiger partial charge on any atom is -0.240 e. The first-order valence-electron chi connectivity index (χ1n) is 3.21. The molecule has 10 heavy (non-hydrogen) atoms. The van der Waals surface area contributed by atoms with Crippen LogP contribution in [0.5, 0.6) is 0 Å². The summed E-state index contributed by atoms with van der Waals surface area (Å²) in [5, 5.41) is 0.699. The third kappa shape index (κ3) is 1.27. The Hall–Kier alpha value is -0.630. The number of halogens is 1. The zero-order valence-electron chi connectivity index (χ0n) is 6.06. The van der Waals surface area contributed by atoms with Crippen LogP contribution in [0.4, 0.5) is 0 Å². The molecule has 0 radical (unpaired) electrons. The Balaban J connectivity index is 3.14. The molecule has 0 aliphatic rings. The topological polar surface area (TPSA) is 25.8 Å². The summed E-state index contributed by atoms with van der Waals surface area (Å²) in [6.07, 6.45) is 2.40. The summed E-state index contributed by atoms with van der Waals surface area (Å²) in [5.41, 5.74) is 1.78. The first kappa shape index (κ1) is 7.48. The van der Waals surface area contributed by atoms with Crippen LogP contribution in [0.3, 0.4) is 0 Å². The Kier molecular flexibility index (Phi) is 2.22. The second kappa shape index (κ2) is 2.97. The molecule has 0 bridgehead atoms. The van der Waals surface area contributed by atoms with Crippen LogP contribution in [0.25, 0.3) is 0 Å². The van der Waals surface area contributed by atoms with Gasteiger partial charge >= 0.3 is 0 Å². The normalized spacial score (nSPS) is 9.90. The monoisotopic (exact) mass is 156 g/mol. The van der Waals surface area contributed by atoms with E-state index in [0.717, 1.165) is 17.8 Å². The molecule has 0 N–H and O–H groups in total. The molecule has 0 unspecified atom stereocenters. The van der Waals surface area contributed by atoms with E-state index in [9.17, 15) is 0 Å². The number of rotatable bonds is 1. The van der Waals surface area contributed by atoms with Gasteiger partial charge in [-0.25, -0.2) is 9.97 Å². The van der Waals surface area contributed by atoms with Crippen molar-refractivity contribution in [1.82, 2.24) is 9.97 Å². The lowest BCUT2D eigenvalue weighted by atomic mass is 10.3. The molecule has 0 amide bonds. The first-order chi connectivity index (χ1) is 4.75. The maximum Gasteiger partial charge on any atom is 0.116 e. The van der Waals surface area contributed by atoms with E-state index < -0.39 is 0 Å². The van der Waals surface area contributed by atoms with Crippen LogP contribution in [-0.4, -0.2) is 9.97 Å². The third-order valence-electron chi connectivity index (χ3n) is 1.37. The molecule has 0 fully saturated rings. The zero-order valence-corrected chi connectivity index (χ0v) is 6.81. The fourth-order valence-electron chi connectivity index (χ4n) is 0.754. The Morgan fingerprint density at radius 1 is 1.50 bits per heavy atom. The van der Waals surface area contributed by atoms with Gasteiger partial charge in [0.2, 0.25) is 0 Å². The van der Waals surface area contributed by atoms with Crippen LogP contribution in [0.2, 0.25) is 5.02 Å². The average Bonchev–Trinajstić information content (AvgIpc) is 1.95. The van der Waals surface area contributed by atoms with E-state index in [0.29, 0.717) is 5.02 Å². The number of hydrogen-bond donors (Lipinski definition) is 0. The number of hydrogen-bond acceptors (Lipinski definition) is 2. The number of aromatic nitrogens is 2. The highest BCUT2D eigenvalue weighted by molar-refractivity contribution is 6.31. The minimum absolute atomic E-state index is 0.699. The summed E-state index contributed by atoms with van der Waals surface area (Å²) in [7, 11) is 0. The second-order valence-corrected chi connectivity index (χ2v) is 2.45. The molecular formula is C7H9ClN2. The highest BCUT2D eigenvalue weighted by Crippen LogP contribution is 2.15. The maximum absolute atomic E-state index is 5.87. The lowest BCUT2D eigenvalue weighted by Crippen LogP contribution is -1.92. The molecule has 0 spiro atoms. The molecule has 0 aliphatic heterocycles. The summed E-state index contributed by atoms with van der Waals surface area (Å²) in [6.45, 7) is 3.90. The van der Waals surface area contributed by atoms with Crippen LogP contribution < -0.4 is 0 Å². The van der Waals surface area contributed by atoms with Crippen molar-refractivity contribution >= 4 is 11.6 Å².